The fourth-order valence-electron chi connectivity index (χ4n) is 3.54. The molecular weight excluding hydrogens is 420 g/mol. The molecule has 0 radical (unpaired) electrons. The maximum absolute atomic E-state index is 12.4. The molecule has 8 nitrogen and oxygen atoms in total. The van der Waals surface area contributed by atoms with Crippen molar-refractivity contribution >= 4 is 35.2 Å². The van der Waals surface area contributed by atoms with Crippen LogP contribution in [-0.2, 0) is 19.1 Å². The Morgan fingerprint density at radius 2 is 1.64 bits per heavy atom. The third-order valence-corrected chi connectivity index (χ3v) is 5.31. The van der Waals surface area contributed by atoms with Crippen molar-refractivity contribution in [1.82, 2.24) is 10.2 Å². The van der Waals surface area contributed by atoms with E-state index in [2.05, 4.69) is 27.4 Å². The molecule has 0 aliphatic carbocycles. The summed E-state index contributed by atoms with van der Waals surface area (Å²) in [7, 11) is 0. The molecule has 0 saturated carbocycles. The number of benzene rings is 2. The Labute approximate surface area is 194 Å². The summed E-state index contributed by atoms with van der Waals surface area (Å²) in [6, 6.07) is 16.7. The van der Waals surface area contributed by atoms with Crippen LogP contribution in [0.15, 0.2) is 60.3 Å². The zero-order valence-corrected chi connectivity index (χ0v) is 19.0. The fourth-order valence-corrected chi connectivity index (χ4v) is 3.54. The normalized spacial score (nSPS) is 14.5. The number of likely N-dealkylation sites (N-methyl/N-ethyl adjacent to an activating group) is 1. The van der Waals surface area contributed by atoms with Crippen LogP contribution in [-0.4, -0.2) is 62.0 Å². The number of esters is 1. The first-order chi connectivity index (χ1) is 15.9. The van der Waals surface area contributed by atoms with Gasteiger partial charge in [-0.05, 0) is 42.4 Å². The Kier molecular flexibility index (Phi) is 8.60. The highest BCUT2D eigenvalue weighted by Gasteiger charge is 2.17. The molecule has 1 fully saturated rings. The number of amides is 2. The monoisotopic (exact) mass is 450 g/mol. The number of hydrogen-bond acceptors (Lipinski definition) is 6. The highest BCUT2D eigenvalue weighted by atomic mass is 16.5. The van der Waals surface area contributed by atoms with Crippen molar-refractivity contribution in [3.05, 3.63) is 65.9 Å². The van der Waals surface area contributed by atoms with Gasteiger partial charge in [-0.1, -0.05) is 37.3 Å². The predicted octanol–water partition coefficient (Wildman–Crippen LogP) is 2.49. The maximum Gasteiger partial charge on any atom is 0.355 e. The number of carbonyl (C=O) groups is 3. The molecule has 8 heteroatoms. The predicted molar refractivity (Wildman–Crippen MR) is 129 cm³/mol. The molecule has 2 amide bonds. The first-order valence-corrected chi connectivity index (χ1v) is 11.0. The Bertz CT molecular complexity index is 981. The van der Waals surface area contributed by atoms with E-state index >= 15 is 0 Å². The Morgan fingerprint density at radius 1 is 0.970 bits per heavy atom. The molecule has 0 atom stereocenters. The lowest BCUT2D eigenvalue weighted by molar-refractivity contribution is -0.144. The molecule has 174 valence electrons. The molecule has 1 aliphatic rings. The standard InChI is InChI=1S/C25H30N4O4/c1-3-28-13-15-29(16-14-28)22-11-9-21(10-12-22)27-24(31)18-33-25(32)23(26-19(2)30)17-20-7-5-4-6-8-20/h4-12,17H,3,13-16,18H2,1-2H3,(H,26,30)(H,27,31)/b23-17-. The van der Waals surface area contributed by atoms with Crippen molar-refractivity contribution in [2.24, 2.45) is 0 Å². The van der Waals surface area contributed by atoms with Crippen molar-refractivity contribution in [2.75, 3.05) is 49.5 Å². The molecule has 0 aromatic heterocycles. The van der Waals surface area contributed by atoms with Gasteiger partial charge in [0.25, 0.3) is 5.91 Å². The third-order valence-electron chi connectivity index (χ3n) is 5.31. The summed E-state index contributed by atoms with van der Waals surface area (Å²) in [4.78, 5) is 40.9. The van der Waals surface area contributed by atoms with E-state index in [9.17, 15) is 14.4 Å². The highest BCUT2D eigenvalue weighted by Crippen LogP contribution is 2.19. The smallest absolute Gasteiger partial charge is 0.355 e. The topological polar surface area (TPSA) is 91.0 Å². The SMILES string of the molecule is CCN1CCN(c2ccc(NC(=O)COC(=O)/C(=C/c3ccccc3)NC(C)=O)cc2)CC1. The van der Waals surface area contributed by atoms with E-state index in [0.29, 0.717) is 5.69 Å². The molecule has 33 heavy (non-hydrogen) atoms. The van der Waals surface area contributed by atoms with Crippen molar-refractivity contribution in [2.45, 2.75) is 13.8 Å². The maximum atomic E-state index is 12.4. The van der Waals surface area contributed by atoms with Gasteiger partial charge in [0.1, 0.15) is 5.70 Å². The number of piperazine rings is 1. The summed E-state index contributed by atoms with van der Waals surface area (Å²) in [5, 5.41) is 5.18. The number of anilines is 2. The zero-order chi connectivity index (χ0) is 23.6. The Hall–Kier alpha value is -3.65. The molecule has 2 N–H and O–H groups in total. The summed E-state index contributed by atoms with van der Waals surface area (Å²) in [5.41, 5.74) is 2.42. The van der Waals surface area contributed by atoms with Crippen LogP contribution < -0.4 is 15.5 Å². The summed E-state index contributed by atoms with van der Waals surface area (Å²) in [5.74, 6) is -1.66. The minimum absolute atomic E-state index is 0.0333. The molecule has 2 aromatic rings. The van der Waals surface area contributed by atoms with Crippen molar-refractivity contribution in [3.8, 4) is 0 Å². The molecule has 1 heterocycles. The van der Waals surface area contributed by atoms with Gasteiger partial charge in [0.2, 0.25) is 5.91 Å². The van der Waals surface area contributed by atoms with Gasteiger partial charge in [-0.3, -0.25) is 9.59 Å². The lowest BCUT2D eigenvalue weighted by atomic mass is 10.2. The van der Waals surface area contributed by atoms with E-state index in [0.717, 1.165) is 44.0 Å². The summed E-state index contributed by atoms with van der Waals surface area (Å²) in [6.07, 6.45) is 1.50. The molecule has 0 spiro atoms. The molecule has 1 saturated heterocycles. The van der Waals surface area contributed by atoms with Crippen LogP contribution in [0.25, 0.3) is 6.08 Å². The minimum atomic E-state index is -0.786. The van der Waals surface area contributed by atoms with E-state index in [1.807, 2.05) is 42.5 Å². The molecule has 0 unspecified atom stereocenters. The fraction of sp³-hybridized carbons (Fsp3) is 0.320. The van der Waals surface area contributed by atoms with Crippen LogP contribution >= 0.6 is 0 Å². The number of nitrogens with zero attached hydrogens (tertiary/aromatic N) is 2. The van der Waals surface area contributed by atoms with Crippen molar-refractivity contribution in [3.63, 3.8) is 0 Å². The molecule has 1 aliphatic heterocycles. The number of nitrogens with one attached hydrogen (secondary N) is 2. The van der Waals surface area contributed by atoms with E-state index in [1.165, 1.54) is 13.0 Å². The second-order valence-corrected chi connectivity index (χ2v) is 7.74. The number of carbonyl (C=O) groups excluding carboxylic acids is 3. The second kappa shape index (κ2) is 11.8. The Morgan fingerprint density at radius 3 is 2.24 bits per heavy atom. The van der Waals surface area contributed by atoms with Crippen LogP contribution in [0.5, 0.6) is 0 Å². The number of rotatable bonds is 8. The average molecular weight is 451 g/mol. The molecular formula is C25H30N4O4. The summed E-state index contributed by atoms with van der Waals surface area (Å²) in [6.45, 7) is 8.10. The number of ether oxygens (including phenoxy) is 1. The van der Waals surface area contributed by atoms with Crippen LogP contribution in [0.3, 0.4) is 0 Å². The lowest BCUT2D eigenvalue weighted by Gasteiger charge is -2.35. The average Bonchev–Trinajstić information content (AvgIpc) is 2.83. The first-order valence-electron chi connectivity index (χ1n) is 11.0. The molecule has 0 bridgehead atoms. The van der Waals surface area contributed by atoms with Crippen LogP contribution in [0.4, 0.5) is 11.4 Å². The van der Waals surface area contributed by atoms with Crippen LogP contribution in [0.2, 0.25) is 0 Å². The largest absolute Gasteiger partial charge is 0.451 e. The van der Waals surface area contributed by atoms with Gasteiger partial charge in [-0.2, -0.15) is 0 Å². The molecule has 3 rings (SSSR count). The van der Waals surface area contributed by atoms with Gasteiger partial charge in [0.05, 0.1) is 0 Å². The summed E-state index contributed by atoms with van der Waals surface area (Å²) < 4.78 is 5.10. The third kappa shape index (κ3) is 7.47. The van der Waals surface area contributed by atoms with Gasteiger partial charge in [0, 0.05) is 44.5 Å². The summed E-state index contributed by atoms with van der Waals surface area (Å²) >= 11 is 0. The van der Waals surface area contributed by atoms with Gasteiger partial charge in [0.15, 0.2) is 6.61 Å². The second-order valence-electron chi connectivity index (χ2n) is 7.74. The quantitative estimate of drug-likeness (QED) is 0.474. The van der Waals surface area contributed by atoms with Gasteiger partial charge in [-0.25, -0.2) is 4.79 Å². The van der Waals surface area contributed by atoms with Gasteiger partial charge in [-0.15, -0.1) is 0 Å². The van der Waals surface area contributed by atoms with Crippen LogP contribution in [0.1, 0.15) is 19.4 Å². The van der Waals surface area contributed by atoms with E-state index in [4.69, 9.17) is 4.74 Å². The highest BCUT2D eigenvalue weighted by molar-refractivity contribution is 5.99. The minimum Gasteiger partial charge on any atom is -0.451 e. The van der Waals surface area contributed by atoms with Crippen LogP contribution in [0, 0.1) is 0 Å². The van der Waals surface area contributed by atoms with Crippen molar-refractivity contribution < 1.29 is 19.1 Å². The molecule has 2 aromatic carbocycles. The lowest BCUT2D eigenvalue weighted by Crippen LogP contribution is -2.46. The Balaban J connectivity index is 1.52. The van der Waals surface area contributed by atoms with E-state index in [-0.39, 0.29) is 5.70 Å². The van der Waals surface area contributed by atoms with E-state index < -0.39 is 24.4 Å². The first kappa shape index (κ1) is 24.0. The zero-order valence-electron chi connectivity index (χ0n) is 19.0. The van der Waals surface area contributed by atoms with Crippen molar-refractivity contribution in [1.29, 1.82) is 0 Å². The number of hydrogen-bond donors (Lipinski definition) is 2. The van der Waals surface area contributed by atoms with Gasteiger partial charge >= 0.3 is 5.97 Å². The van der Waals surface area contributed by atoms with E-state index in [1.54, 1.807) is 12.1 Å². The van der Waals surface area contributed by atoms with Gasteiger partial charge < -0.3 is 25.2 Å².